The Labute approximate surface area is 112 Å². The minimum Gasteiger partial charge on any atom is -0.490 e. The molecular weight excluding hydrogens is 339 g/mol. The van der Waals surface area contributed by atoms with Crippen molar-refractivity contribution < 1.29 is 14.5 Å². The number of rotatable bonds is 5. The van der Waals surface area contributed by atoms with Crippen molar-refractivity contribution in [3.8, 4) is 5.75 Å². The van der Waals surface area contributed by atoms with E-state index in [9.17, 15) is 14.9 Å². The number of halogens is 1. The summed E-state index contributed by atoms with van der Waals surface area (Å²) in [6.45, 7) is 0.554. The van der Waals surface area contributed by atoms with E-state index < -0.39 is 4.92 Å². The van der Waals surface area contributed by atoms with Crippen LogP contribution < -0.4 is 10.1 Å². The van der Waals surface area contributed by atoms with Gasteiger partial charge < -0.3 is 10.1 Å². The van der Waals surface area contributed by atoms with Crippen LogP contribution in [0.5, 0.6) is 5.75 Å². The number of nitro benzene ring substituents is 1. The van der Waals surface area contributed by atoms with E-state index in [1.165, 1.54) is 25.3 Å². The largest absolute Gasteiger partial charge is 0.490 e. The first kappa shape index (κ1) is 13.7. The van der Waals surface area contributed by atoms with E-state index in [2.05, 4.69) is 27.9 Å². The Kier molecular flexibility index (Phi) is 5.13. The Hall–Kier alpha value is -1.38. The summed E-state index contributed by atoms with van der Waals surface area (Å²) < 4.78 is 5.68. The van der Waals surface area contributed by atoms with Crippen LogP contribution in [-0.2, 0) is 0 Å². The van der Waals surface area contributed by atoms with Gasteiger partial charge in [-0.1, -0.05) is 22.6 Å². The second-order valence-corrected chi connectivity index (χ2v) is 4.17. The van der Waals surface area contributed by atoms with Gasteiger partial charge in [0.2, 0.25) is 0 Å². The summed E-state index contributed by atoms with van der Waals surface area (Å²) in [6.07, 6.45) is 0. The van der Waals surface area contributed by atoms with Crippen molar-refractivity contribution in [2.75, 3.05) is 18.1 Å². The lowest BCUT2D eigenvalue weighted by molar-refractivity contribution is -0.385. The van der Waals surface area contributed by atoms with E-state index in [0.29, 0.717) is 12.1 Å². The number of benzene rings is 1. The molecule has 6 nitrogen and oxygen atoms in total. The Balaban J connectivity index is 2.97. The van der Waals surface area contributed by atoms with Gasteiger partial charge in [-0.2, -0.15) is 0 Å². The summed E-state index contributed by atoms with van der Waals surface area (Å²) in [5, 5.41) is 13.3. The third-order valence-electron chi connectivity index (χ3n) is 2.02. The van der Waals surface area contributed by atoms with Gasteiger partial charge in [0.1, 0.15) is 0 Å². The lowest BCUT2D eigenvalue weighted by Crippen LogP contribution is -2.25. The fourth-order valence-corrected chi connectivity index (χ4v) is 1.50. The first-order chi connectivity index (χ1) is 8.10. The predicted molar refractivity (Wildman–Crippen MR) is 70.9 cm³/mol. The molecule has 0 saturated carbocycles. The van der Waals surface area contributed by atoms with Crippen molar-refractivity contribution in [1.82, 2.24) is 5.32 Å². The van der Waals surface area contributed by atoms with Crippen LogP contribution >= 0.6 is 22.6 Å². The van der Waals surface area contributed by atoms with Crippen molar-refractivity contribution >= 4 is 34.2 Å². The van der Waals surface area contributed by atoms with Crippen LogP contribution in [0.1, 0.15) is 10.4 Å². The molecule has 0 aliphatic rings. The van der Waals surface area contributed by atoms with Crippen LogP contribution in [-0.4, -0.2) is 28.9 Å². The number of hydrogen-bond acceptors (Lipinski definition) is 4. The van der Waals surface area contributed by atoms with Crippen LogP contribution in [0.3, 0.4) is 0 Å². The number of nitro groups is 1. The van der Waals surface area contributed by atoms with E-state index in [1.807, 2.05) is 0 Å². The zero-order valence-corrected chi connectivity index (χ0v) is 11.3. The maximum Gasteiger partial charge on any atom is 0.310 e. The SMILES string of the molecule is COc1cc(C(=O)NCCI)ccc1[N+](=O)[O-]. The van der Waals surface area contributed by atoms with Gasteiger partial charge in [-0.3, -0.25) is 14.9 Å². The smallest absolute Gasteiger partial charge is 0.310 e. The summed E-state index contributed by atoms with van der Waals surface area (Å²) in [7, 11) is 1.33. The molecule has 17 heavy (non-hydrogen) atoms. The van der Waals surface area contributed by atoms with Gasteiger partial charge in [-0.25, -0.2) is 0 Å². The molecule has 7 heteroatoms. The third-order valence-corrected chi connectivity index (χ3v) is 2.56. The predicted octanol–water partition coefficient (Wildman–Crippen LogP) is 1.77. The standard InChI is InChI=1S/C10H11IN2O4/c1-17-9-6-7(10(14)12-5-4-11)2-3-8(9)13(15)16/h2-3,6H,4-5H2,1H3,(H,12,14). The number of nitrogens with zero attached hydrogens (tertiary/aromatic N) is 1. The van der Waals surface area contributed by atoms with E-state index >= 15 is 0 Å². The highest BCUT2D eigenvalue weighted by Gasteiger charge is 2.16. The Bertz CT molecular complexity index is 436. The molecule has 1 rings (SSSR count). The summed E-state index contributed by atoms with van der Waals surface area (Å²) in [5.41, 5.74) is 0.190. The molecule has 0 saturated heterocycles. The molecule has 0 fully saturated rings. The van der Waals surface area contributed by atoms with E-state index in [1.54, 1.807) is 0 Å². The second-order valence-electron chi connectivity index (χ2n) is 3.09. The molecule has 92 valence electrons. The summed E-state index contributed by atoms with van der Waals surface area (Å²) in [4.78, 5) is 21.7. The van der Waals surface area contributed by atoms with Gasteiger partial charge >= 0.3 is 5.69 Å². The molecule has 0 aliphatic carbocycles. The molecule has 0 spiro atoms. The molecule has 0 bridgehead atoms. The Morgan fingerprint density at radius 3 is 2.82 bits per heavy atom. The minimum absolute atomic E-state index is 0.0807. The zero-order valence-electron chi connectivity index (χ0n) is 9.10. The number of carbonyl (C=O) groups excluding carboxylic acids is 1. The number of ether oxygens (including phenoxy) is 1. The number of amides is 1. The van der Waals surface area contributed by atoms with Crippen molar-refractivity contribution in [2.24, 2.45) is 0 Å². The Morgan fingerprint density at radius 1 is 1.59 bits per heavy atom. The van der Waals surface area contributed by atoms with Crippen molar-refractivity contribution in [2.45, 2.75) is 0 Å². The van der Waals surface area contributed by atoms with Crippen molar-refractivity contribution in [3.05, 3.63) is 33.9 Å². The number of methoxy groups -OCH3 is 1. The monoisotopic (exact) mass is 350 g/mol. The summed E-state index contributed by atoms with van der Waals surface area (Å²) >= 11 is 2.14. The van der Waals surface area contributed by atoms with Crippen LogP contribution in [0.15, 0.2) is 18.2 Å². The average molecular weight is 350 g/mol. The van der Waals surface area contributed by atoms with Gasteiger partial charge in [-0.05, 0) is 6.07 Å². The Morgan fingerprint density at radius 2 is 2.29 bits per heavy atom. The lowest BCUT2D eigenvalue weighted by atomic mass is 10.2. The van der Waals surface area contributed by atoms with Gasteiger partial charge in [0.15, 0.2) is 5.75 Å². The molecule has 1 aromatic rings. The molecule has 1 aromatic carbocycles. The van der Waals surface area contributed by atoms with Crippen molar-refractivity contribution in [1.29, 1.82) is 0 Å². The average Bonchev–Trinajstić information content (AvgIpc) is 2.34. The van der Waals surface area contributed by atoms with Crippen LogP contribution in [0.2, 0.25) is 0 Å². The molecule has 0 heterocycles. The first-order valence-corrected chi connectivity index (χ1v) is 6.29. The fourth-order valence-electron chi connectivity index (χ4n) is 1.23. The van der Waals surface area contributed by atoms with Gasteiger partial charge in [-0.15, -0.1) is 0 Å². The van der Waals surface area contributed by atoms with E-state index in [0.717, 1.165) is 4.43 Å². The minimum atomic E-state index is -0.550. The van der Waals surface area contributed by atoms with Crippen LogP contribution in [0.25, 0.3) is 0 Å². The van der Waals surface area contributed by atoms with Crippen molar-refractivity contribution in [3.63, 3.8) is 0 Å². The highest BCUT2D eigenvalue weighted by molar-refractivity contribution is 14.1. The van der Waals surface area contributed by atoms with Gasteiger partial charge in [0.05, 0.1) is 12.0 Å². The molecule has 0 atom stereocenters. The molecule has 1 amide bonds. The fraction of sp³-hybridized carbons (Fsp3) is 0.300. The molecule has 0 aromatic heterocycles. The lowest BCUT2D eigenvalue weighted by Gasteiger charge is -2.05. The highest BCUT2D eigenvalue weighted by Crippen LogP contribution is 2.27. The van der Waals surface area contributed by atoms with Crippen LogP contribution in [0.4, 0.5) is 5.69 Å². The normalized spacial score (nSPS) is 9.76. The quantitative estimate of drug-likeness (QED) is 0.380. The number of hydrogen-bond donors (Lipinski definition) is 1. The van der Waals surface area contributed by atoms with Gasteiger partial charge in [0.25, 0.3) is 5.91 Å². The van der Waals surface area contributed by atoms with Crippen LogP contribution in [0, 0.1) is 10.1 Å². The molecule has 1 N–H and O–H groups in total. The maximum atomic E-state index is 11.6. The number of nitrogens with one attached hydrogen (secondary N) is 1. The summed E-state index contributed by atoms with van der Waals surface area (Å²) in [6, 6.07) is 4.03. The zero-order chi connectivity index (χ0) is 12.8. The van der Waals surface area contributed by atoms with E-state index in [-0.39, 0.29) is 17.3 Å². The number of carbonyl (C=O) groups is 1. The molecule has 0 aliphatic heterocycles. The topological polar surface area (TPSA) is 81.5 Å². The van der Waals surface area contributed by atoms with E-state index in [4.69, 9.17) is 4.74 Å². The van der Waals surface area contributed by atoms with Gasteiger partial charge in [0, 0.05) is 28.7 Å². The third kappa shape index (κ3) is 3.55. The molecule has 0 unspecified atom stereocenters. The maximum absolute atomic E-state index is 11.6. The summed E-state index contributed by atoms with van der Waals surface area (Å²) in [5.74, 6) is -0.188. The highest BCUT2D eigenvalue weighted by atomic mass is 127. The molecule has 0 radical (unpaired) electrons. The first-order valence-electron chi connectivity index (χ1n) is 4.76. The number of alkyl halides is 1. The molecular formula is C10H11IN2O4. The second kappa shape index (κ2) is 6.38.